The number of nitriles is 1. The fourth-order valence-corrected chi connectivity index (χ4v) is 2.71. The van der Waals surface area contributed by atoms with Gasteiger partial charge in [-0.15, -0.1) is 0 Å². The normalized spacial score (nSPS) is 17.1. The van der Waals surface area contributed by atoms with E-state index < -0.39 is 12.1 Å². The second-order valence-electron chi connectivity index (χ2n) is 6.25. The maximum atomic E-state index is 12.0. The summed E-state index contributed by atoms with van der Waals surface area (Å²) < 4.78 is 16.1. The Morgan fingerprint density at radius 1 is 1.44 bits per heavy atom. The molecule has 1 saturated heterocycles. The topological polar surface area (TPSA) is 102 Å². The minimum atomic E-state index is -0.865. The standard InChI is InChI=1S/C20H20N2O5/c1-13(20(24)26-12-16-3-2-8-25-16)27-19-7-5-15(9-18(19)23)17-6-4-14(10-21)11-22-17/h4-7,9,11,13,16,23H,2-3,8,12H2,1H3. The molecule has 0 bridgehead atoms. The van der Waals surface area contributed by atoms with Gasteiger partial charge in [-0.1, -0.05) is 0 Å². The van der Waals surface area contributed by atoms with Crippen LogP contribution in [0.1, 0.15) is 25.3 Å². The molecule has 0 amide bonds. The maximum absolute atomic E-state index is 12.0. The van der Waals surface area contributed by atoms with Gasteiger partial charge in [-0.2, -0.15) is 5.26 Å². The average Bonchev–Trinajstić information content (AvgIpc) is 3.21. The minimum Gasteiger partial charge on any atom is -0.504 e. The van der Waals surface area contributed by atoms with Crippen LogP contribution in [0.3, 0.4) is 0 Å². The highest BCUT2D eigenvalue weighted by Gasteiger charge is 2.22. The van der Waals surface area contributed by atoms with Crippen LogP contribution in [-0.2, 0) is 14.3 Å². The van der Waals surface area contributed by atoms with E-state index in [1.807, 2.05) is 6.07 Å². The molecule has 2 atom stereocenters. The van der Waals surface area contributed by atoms with E-state index in [4.69, 9.17) is 19.5 Å². The monoisotopic (exact) mass is 368 g/mol. The number of phenolic OH excluding ortho intramolecular Hbond substituents is 1. The molecule has 0 radical (unpaired) electrons. The minimum absolute atomic E-state index is 0.0474. The Morgan fingerprint density at radius 2 is 2.30 bits per heavy atom. The molecule has 1 N–H and O–H groups in total. The van der Waals surface area contributed by atoms with Crippen LogP contribution in [0.2, 0.25) is 0 Å². The summed E-state index contributed by atoms with van der Waals surface area (Å²) in [5.41, 5.74) is 1.73. The lowest BCUT2D eigenvalue weighted by molar-refractivity contribution is -0.154. The highest BCUT2D eigenvalue weighted by Crippen LogP contribution is 2.31. The third-order valence-electron chi connectivity index (χ3n) is 4.22. The van der Waals surface area contributed by atoms with Crippen LogP contribution < -0.4 is 4.74 Å². The van der Waals surface area contributed by atoms with Gasteiger partial charge in [0, 0.05) is 18.4 Å². The Kier molecular flexibility index (Phi) is 5.89. The lowest BCUT2D eigenvalue weighted by Gasteiger charge is -2.16. The first-order valence-corrected chi connectivity index (χ1v) is 8.71. The smallest absolute Gasteiger partial charge is 0.347 e. The van der Waals surface area contributed by atoms with E-state index in [1.165, 1.54) is 12.3 Å². The van der Waals surface area contributed by atoms with E-state index in [0.717, 1.165) is 12.8 Å². The van der Waals surface area contributed by atoms with Crippen LogP contribution in [0.25, 0.3) is 11.3 Å². The SMILES string of the molecule is CC(Oc1ccc(-c2ccc(C#N)cn2)cc1O)C(=O)OCC1CCCO1. The summed E-state index contributed by atoms with van der Waals surface area (Å²) in [6.07, 6.45) is 2.41. The first-order valence-electron chi connectivity index (χ1n) is 8.71. The second kappa shape index (κ2) is 8.52. The Hall–Kier alpha value is -3.11. The van der Waals surface area contributed by atoms with Crippen molar-refractivity contribution in [3.05, 3.63) is 42.1 Å². The summed E-state index contributed by atoms with van der Waals surface area (Å²) in [5, 5.41) is 19.0. The van der Waals surface area contributed by atoms with Crippen molar-refractivity contribution < 1.29 is 24.1 Å². The number of phenols is 1. The van der Waals surface area contributed by atoms with E-state index >= 15 is 0 Å². The molecule has 2 unspecified atom stereocenters. The molecule has 2 aromatic rings. The molecule has 1 fully saturated rings. The van der Waals surface area contributed by atoms with Crippen LogP contribution in [-0.4, -0.2) is 41.5 Å². The number of hydrogen-bond acceptors (Lipinski definition) is 7. The molecular formula is C20H20N2O5. The summed E-state index contributed by atoms with van der Waals surface area (Å²) >= 11 is 0. The van der Waals surface area contributed by atoms with Gasteiger partial charge >= 0.3 is 5.97 Å². The molecule has 2 heterocycles. The highest BCUT2D eigenvalue weighted by atomic mass is 16.6. The van der Waals surface area contributed by atoms with Gasteiger partial charge in [0.25, 0.3) is 0 Å². The summed E-state index contributed by atoms with van der Waals surface area (Å²) in [4.78, 5) is 16.2. The quantitative estimate of drug-likeness (QED) is 0.782. The number of hydrogen-bond donors (Lipinski definition) is 1. The molecule has 0 aliphatic carbocycles. The molecule has 140 valence electrons. The second-order valence-corrected chi connectivity index (χ2v) is 6.25. The molecule has 7 nitrogen and oxygen atoms in total. The van der Waals surface area contributed by atoms with Gasteiger partial charge in [-0.3, -0.25) is 4.98 Å². The maximum Gasteiger partial charge on any atom is 0.347 e. The summed E-state index contributed by atoms with van der Waals surface area (Å²) in [6, 6.07) is 10.1. The molecule has 3 rings (SSSR count). The Morgan fingerprint density at radius 3 is 2.93 bits per heavy atom. The number of nitrogens with zero attached hydrogens (tertiary/aromatic N) is 2. The molecule has 1 aromatic heterocycles. The zero-order valence-electron chi connectivity index (χ0n) is 14.9. The molecule has 1 aliphatic rings. The predicted octanol–water partition coefficient (Wildman–Crippen LogP) is 2.82. The van der Waals surface area contributed by atoms with E-state index in [-0.39, 0.29) is 24.2 Å². The Labute approximate surface area is 157 Å². The van der Waals surface area contributed by atoms with Crippen molar-refractivity contribution in [3.8, 4) is 28.8 Å². The summed E-state index contributed by atoms with van der Waals surface area (Å²) in [5.74, 6) is -0.450. The van der Waals surface area contributed by atoms with Crippen molar-refractivity contribution in [2.24, 2.45) is 0 Å². The predicted molar refractivity (Wildman–Crippen MR) is 96.1 cm³/mol. The number of pyridine rings is 1. The summed E-state index contributed by atoms with van der Waals surface area (Å²) in [6.45, 7) is 2.47. The molecular weight excluding hydrogens is 348 g/mol. The zero-order chi connectivity index (χ0) is 19.2. The average molecular weight is 368 g/mol. The number of ether oxygens (including phenoxy) is 3. The van der Waals surface area contributed by atoms with E-state index in [2.05, 4.69) is 4.98 Å². The fourth-order valence-electron chi connectivity index (χ4n) is 2.71. The van der Waals surface area contributed by atoms with Crippen molar-refractivity contribution in [3.63, 3.8) is 0 Å². The van der Waals surface area contributed by atoms with Crippen molar-refractivity contribution in [2.75, 3.05) is 13.2 Å². The van der Waals surface area contributed by atoms with Crippen molar-refractivity contribution in [1.29, 1.82) is 5.26 Å². The highest BCUT2D eigenvalue weighted by molar-refractivity contribution is 5.75. The van der Waals surface area contributed by atoms with Crippen molar-refractivity contribution in [2.45, 2.75) is 32.0 Å². The van der Waals surface area contributed by atoms with E-state index in [9.17, 15) is 9.90 Å². The molecule has 0 saturated carbocycles. The third kappa shape index (κ3) is 4.74. The third-order valence-corrected chi connectivity index (χ3v) is 4.22. The van der Waals surface area contributed by atoms with Crippen LogP contribution in [0.5, 0.6) is 11.5 Å². The molecule has 27 heavy (non-hydrogen) atoms. The zero-order valence-corrected chi connectivity index (χ0v) is 14.9. The lowest BCUT2D eigenvalue weighted by atomic mass is 10.1. The molecule has 0 spiro atoms. The van der Waals surface area contributed by atoms with Gasteiger partial charge in [0.2, 0.25) is 0 Å². The fraction of sp³-hybridized carbons (Fsp3) is 0.350. The molecule has 1 aliphatic heterocycles. The number of carbonyl (C=O) groups is 1. The number of benzene rings is 1. The number of esters is 1. The van der Waals surface area contributed by atoms with Gasteiger partial charge in [-0.05, 0) is 50.1 Å². The molecule has 1 aromatic carbocycles. The van der Waals surface area contributed by atoms with Gasteiger partial charge in [0.05, 0.1) is 17.4 Å². The van der Waals surface area contributed by atoms with Crippen LogP contribution in [0, 0.1) is 11.3 Å². The van der Waals surface area contributed by atoms with Gasteiger partial charge in [0.15, 0.2) is 17.6 Å². The van der Waals surface area contributed by atoms with Crippen LogP contribution in [0.15, 0.2) is 36.5 Å². The first kappa shape index (κ1) is 18.7. The van der Waals surface area contributed by atoms with Crippen LogP contribution >= 0.6 is 0 Å². The van der Waals surface area contributed by atoms with Crippen molar-refractivity contribution in [1.82, 2.24) is 4.98 Å². The first-order chi connectivity index (χ1) is 13.1. The molecule has 7 heteroatoms. The van der Waals surface area contributed by atoms with Gasteiger partial charge in [-0.25, -0.2) is 4.79 Å². The Balaban J connectivity index is 1.61. The van der Waals surface area contributed by atoms with E-state index in [1.54, 1.807) is 31.2 Å². The number of rotatable bonds is 6. The summed E-state index contributed by atoms with van der Waals surface area (Å²) in [7, 11) is 0. The number of aromatic hydroxyl groups is 1. The lowest BCUT2D eigenvalue weighted by Crippen LogP contribution is -2.29. The largest absolute Gasteiger partial charge is 0.504 e. The van der Waals surface area contributed by atoms with Gasteiger partial charge in [0.1, 0.15) is 12.7 Å². The van der Waals surface area contributed by atoms with Crippen molar-refractivity contribution >= 4 is 5.97 Å². The van der Waals surface area contributed by atoms with Crippen LogP contribution in [0.4, 0.5) is 0 Å². The number of carbonyl (C=O) groups excluding carboxylic acids is 1. The van der Waals surface area contributed by atoms with E-state index in [0.29, 0.717) is 23.4 Å². The number of aromatic nitrogens is 1. The van der Waals surface area contributed by atoms with Gasteiger partial charge < -0.3 is 19.3 Å². The Bertz CT molecular complexity index is 838.